The van der Waals surface area contributed by atoms with E-state index >= 15 is 0 Å². The fourth-order valence-electron chi connectivity index (χ4n) is 1.80. The molecule has 0 atom stereocenters. The van der Waals surface area contributed by atoms with Gasteiger partial charge in [-0.25, -0.2) is 0 Å². The Morgan fingerprint density at radius 2 is 2.00 bits per heavy atom. The Morgan fingerprint density at radius 3 is 2.84 bits per heavy atom. The molecule has 96 valence electrons. The van der Waals surface area contributed by atoms with Gasteiger partial charge in [0.15, 0.2) is 0 Å². The molecule has 3 rings (SSSR count). The van der Waals surface area contributed by atoms with Gasteiger partial charge in [0.25, 0.3) is 0 Å². The van der Waals surface area contributed by atoms with Crippen molar-refractivity contribution in [3.63, 3.8) is 0 Å². The van der Waals surface area contributed by atoms with Crippen LogP contribution in [0.3, 0.4) is 0 Å². The number of benzene rings is 2. The minimum atomic E-state index is -0.571. The summed E-state index contributed by atoms with van der Waals surface area (Å²) < 4.78 is 34.9. The SMILES string of the molecule is Fc1ccc(CNc2cccc3n[se]nc23)c(F)c1. The van der Waals surface area contributed by atoms with Crippen molar-refractivity contribution in [1.82, 2.24) is 7.96 Å². The number of hydrogen-bond donors (Lipinski definition) is 1. The maximum atomic E-state index is 13.5. The molecule has 0 bridgehead atoms. The summed E-state index contributed by atoms with van der Waals surface area (Å²) in [6, 6.07) is 9.22. The van der Waals surface area contributed by atoms with Gasteiger partial charge in [-0.1, -0.05) is 0 Å². The fraction of sp³-hybridized carbons (Fsp3) is 0.0769. The first-order valence-electron chi connectivity index (χ1n) is 5.63. The second-order valence-corrected chi connectivity index (χ2v) is 5.14. The number of hydrogen-bond acceptors (Lipinski definition) is 3. The van der Waals surface area contributed by atoms with Crippen LogP contribution < -0.4 is 5.32 Å². The number of aromatic nitrogens is 2. The molecule has 1 N–H and O–H groups in total. The van der Waals surface area contributed by atoms with Crippen LogP contribution in [-0.4, -0.2) is 22.9 Å². The van der Waals surface area contributed by atoms with Crippen LogP contribution in [0.5, 0.6) is 0 Å². The normalized spacial score (nSPS) is 10.8. The van der Waals surface area contributed by atoms with Gasteiger partial charge in [-0.15, -0.1) is 0 Å². The third-order valence-corrected chi connectivity index (χ3v) is 3.91. The molecule has 0 amide bonds. The molecular weight excluding hydrogens is 315 g/mol. The van der Waals surface area contributed by atoms with E-state index in [1.165, 1.54) is 12.1 Å². The van der Waals surface area contributed by atoms with Gasteiger partial charge in [0, 0.05) is 0 Å². The van der Waals surface area contributed by atoms with Crippen molar-refractivity contribution in [1.29, 1.82) is 0 Å². The quantitative estimate of drug-likeness (QED) is 0.753. The van der Waals surface area contributed by atoms with Gasteiger partial charge >= 0.3 is 114 Å². The van der Waals surface area contributed by atoms with Gasteiger partial charge in [0.2, 0.25) is 0 Å². The molecule has 6 heteroatoms. The topological polar surface area (TPSA) is 37.8 Å². The zero-order valence-electron chi connectivity index (χ0n) is 9.73. The summed E-state index contributed by atoms with van der Waals surface area (Å²) in [5.74, 6) is -1.12. The van der Waals surface area contributed by atoms with Crippen LogP contribution >= 0.6 is 0 Å². The Balaban J connectivity index is 1.84. The van der Waals surface area contributed by atoms with Gasteiger partial charge in [0.05, 0.1) is 0 Å². The fourth-order valence-corrected chi connectivity index (χ4v) is 2.96. The van der Waals surface area contributed by atoms with Gasteiger partial charge in [-0.3, -0.25) is 0 Å². The van der Waals surface area contributed by atoms with Crippen LogP contribution in [0, 0.1) is 11.6 Å². The van der Waals surface area contributed by atoms with Gasteiger partial charge in [-0.05, 0) is 0 Å². The molecule has 0 aliphatic rings. The third kappa shape index (κ3) is 2.50. The molecule has 0 spiro atoms. The van der Waals surface area contributed by atoms with Crippen molar-refractivity contribution in [2.45, 2.75) is 6.54 Å². The number of rotatable bonds is 3. The van der Waals surface area contributed by atoms with Crippen LogP contribution in [0.4, 0.5) is 14.5 Å². The summed E-state index contributed by atoms with van der Waals surface area (Å²) >= 11 is -0.0960. The van der Waals surface area contributed by atoms with E-state index in [4.69, 9.17) is 0 Å². The number of nitrogens with zero attached hydrogens (tertiary/aromatic N) is 2. The molecule has 3 aromatic rings. The van der Waals surface area contributed by atoms with Crippen molar-refractivity contribution in [2.75, 3.05) is 5.32 Å². The first-order valence-corrected chi connectivity index (χ1v) is 7.16. The minimum absolute atomic E-state index is 0.0960. The summed E-state index contributed by atoms with van der Waals surface area (Å²) in [6.45, 7) is 0.283. The first-order chi connectivity index (χ1) is 9.24. The van der Waals surface area contributed by atoms with Crippen molar-refractivity contribution in [2.24, 2.45) is 0 Å². The van der Waals surface area contributed by atoms with E-state index in [1.807, 2.05) is 18.2 Å². The Hall–Kier alpha value is -1.78. The van der Waals surface area contributed by atoms with Crippen molar-refractivity contribution >= 4 is 31.7 Å². The number of nitrogens with one attached hydrogen (secondary N) is 1. The average molecular weight is 324 g/mol. The molecule has 0 unspecified atom stereocenters. The van der Waals surface area contributed by atoms with Crippen molar-refractivity contribution in [3.05, 3.63) is 53.6 Å². The van der Waals surface area contributed by atoms with Crippen molar-refractivity contribution in [3.8, 4) is 0 Å². The monoisotopic (exact) mass is 325 g/mol. The predicted molar refractivity (Wildman–Crippen MR) is 70.2 cm³/mol. The summed E-state index contributed by atoms with van der Waals surface area (Å²) in [5, 5.41) is 3.12. The van der Waals surface area contributed by atoms with Gasteiger partial charge in [-0.2, -0.15) is 0 Å². The Bertz CT molecular complexity index is 727. The molecule has 1 heterocycles. The standard InChI is InChI=1S/C13H9F2N3Se/c14-9-5-4-8(10(15)6-9)7-16-11-2-1-3-12-13(11)18-19-17-12/h1-6,16H,7H2. The van der Waals surface area contributed by atoms with E-state index in [1.54, 1.807) is 0 Å². The van der Waals surface area contributed by atoms with E-state index in [9.17, 15) is 8.78 Å². The molecule has 0 saturated carbocycles. The predicted octanol–water partition coefficient (Wildman–Crippen LogP) is 2.58. The second kappa shape index (κ2) is 5.07. The third-order valence-electron chi connectivity index (χ3n) is 2.77. The Kier molecular flexibility index (Phi) is 3.27. The molecular formula is C13H9F2N3Se. The van der Waals surface area contributed by atoms with Crippen LogP contribution in [0.1, 0.15) is 5.56 Å². The van der Waals surface area contributed by atoms with E-state index < -0.39 is 11.6 Å². The summed E-state index contributed by atoms with van der Waals surface area (Å²) in [6.07, 6.45) is 0. The van der Waals surface area contributed by atoms with Gasteiger partial charge in [0.1, 0.15) is 0 Å². The molecule has 0 radical (unpaired) electrons. The Labute approximate surface area is 114 Å². The second-order valence-electron chi connectivity index (χ2n) is 4.03. The van der Waals surface area contributed by atoms with Gasteiger partial charge < -0.3 is 0 Å². The molecule has 1 aromatic heterocycles. The van der Waals surface area contributed by atoms with Crippen molar-refractivity contribution < 1.29 is 8.78 Å². The molecule has 3 nitrogen and oxygen atoms in total. The molecule has 19 heavy (non-hydrogen) atoms. The molecule has 0 aliphatic carbocycles. The van der Waals surface area contributed by atoms with Crippen LogP contribution in [0.15, 0.2) is 36.4 Å². The van der Waals surface area contributed by atoms with Crippen LogP contribution in [-0.2, 0) is 6.54 Å². The maximum absolute atomic E-state index is 13.5. The van der Waals surface area contributed by atoms with E-state index in [0.717, 1.165) is 22.8 Å². The number of fused-ring (bicyclic) bond motifs is 1. The summed E-state index contributed by atoms with van der Waals surface area (Å²) in [7, 11) is 0. The number of anilines is 1. The molecule has 0 fully saturated rings. The van der Waals surface area contributed by atoms with Crippen LogP contribution in [0.25, 0.3) is 11.0 Å². The zero-order chi connectivity index (χ0) is 13.2. The van der Waals surface area contributed by atoms with Crippen LogP contribution in [0.2, 0.25) is 0 Å². The van der Waals surface area contributed by atoms with E-state index in [0.29, 0.717) is 5.56 Å². The van der Waals surface area contributed by atoms with E-state index in [2.05, 4.69) is 13.3 Å². The average Bonchev–Trinajstić information content (AvgIpc) is 2.86. The van der Waals surface area contributed by atoms with E-state index in [-0.39, 0.29) is 21.5 Å². The molecule has 0 aliphatic heterocycles. The molecule has 0 saturated heterocycles. The zero-order valence-corrected chi connectivity index (χ0v) is 11.4. The first kappa shape index (κ1) is 12.3. The Morgan fingerprint density at radius 1 is 1.11 bits per heavy atom. The number of halogens is 2. The molecule has 2 aromatic carbocycles. The summed E-state index contributed by atoms with van der Waals surface area (Å²) in [5.41, 5.74) is 2.93. The summed E-state index contributed by atoms with van der Waals surface area (Å²) in [4.78, 5) is 0.